The number of aromatic nitrogens is 5. The summed E-state index contributed by atoms with van der Waals surface area (Å²) in [5.41, 5.74) is 2.94. The Balaban J connectivity index is 1.74. The van der Waals surface area contributed by atoms with Crippen LogP contribution in [0.15, 0.2) is 53.8 Å². The van der Waals surface area contributed by atoms with Crippen molar-refractivity contribution in [3.63, 3.8) is 0 Å². The standard InChI is InChI=1S/C19H16N6O2S/c1-26-13-7-8-14(17(9-13)27-2)18-23-24-19(28)25(18)21-11-12-10-20-15-5-3-4-6-16(15)22-12/h3-11H,1-2H3,(H,24,28)/b21-11-. The van der Waals surface area contributed by atoms with Gasteiger partial charge in [-0.25, -0.2) is 10.1 Å². The summed E-state index contributed by atoms with van der Waals surface area (Å²) < 4.78 is 12.6. The van der Waals surface area contributed by atoms with Gasteiger partial charge in [0.25, 0.3) is 0 Å². The third-order valence-corrected chi connectivity index (χ3v) is 4.34. The number of fused-ring (bicyclic) bond motifs is 1. The SMILES string of the molecule is COc1ccc(-c2n[nH]c(=S)n2/N=C\c2cnc3ccccc3n2)c(OC)c1. The Hall–Kier alpha value is -3.59. The van der Waals surface area contributed by atoms with E-state index < -0.39 is 0 Å². The van der Waals surface area contributed by atoms with Gasteiger partial charge < -0.3 is 9.47 Å². The maximum atomic E-state index is 5.46. The Morgan fingerprint density at radius 1 is 1.11 bits per heavy atom. The van der Waals surface area contributed by atoms with Crippen molar-refractivity contribution in [3.8, 4) is 22.9 Å². The number of hydrogen-bond donors (Lipinski definition) is 1. The second kappa shape index (κ2) is 7.57. The number of nitrogens with one attached hydrogen (secondary N) is 1. The molecule has 0 bridgehead atoms. The van der Waals surface area contributed by atoms with Gasteiger partial charge >= 0.3 is 0 Å². The number of methoxy groups -OCH3 is 2. The topological polar surface area (TPSA) is 90.2 Å². The molecule has 0 aliphatic heterocycles. The van der Waals surface area contributed by atoms with Crippen molar-refractivity contribution in [2.75, 3.05) is 14.2 Å². The second-order valence-electron chi connectivity index (χ2n) is 5.76. The zero-order valence-corrected chi connectivity index (χ0v) is 16.0. The van der Waals surface area contributed by atoms with Crippen molar-refractivity contribution in [1.82, 2.24) is 24.8 Å². The minimum atomic E-state index is 0.345. The van der Waals surface area contributed by atoms with Crippen molar-refractivity contribution in [3.05, 3.63) is 59.1 Å². The van der Waals surface area contributed by atoms with Gasteiger partial charge in [0.15, 0.2) is 5.82 Å². The lowest BCUT2D eigenvalue weighted by atomic mass is 10.2. The van der Waals surface area contributed by atoms with Crippen LogP contribution in [0.5, 0.6) is 11.5 Å². The summed E-state index contributed by atoms with van der Waals surface area (Å²) in [4.78, 5) is 8.92. The number of aromatic amines is 1. The molecule has 0 fully saturated rings. The molecule has 0 radical (unpaired) electrons. The predicted molar refractivity (Wildman–Crippen MR) is 108 cm³/mol. The number of rotatable bonds is 5. The van der Waals surface area contributed by atoms with E-state index in [1.807, 2.05) is 36.4 Å². The molecular weight excluding hydrogens is 376 g/mol. The Kier molecular flexibility index (Phi) is 4.81. The molecule has 9 heteroatoms. The lowest BCUT2D eigenvalue weighted by Crippen LogP contribution is -1.99. The van der Waals surface area contributed by atoms with E-state index in [1.54, 1.807) is 32.7 Å². The number of H-pyrrole nitrogens is 1. The third kappa shape index (κ3) is 3.35. The van der Waals surface area contributed by atoms with Gasteiger partial charge in [0.2, 0.25) is 4.77 Å². The zero-order chi connectivity index (χ0) is 19.5. The first-order valence-electron chi connectivity index (χ1n) is 8.35. The summed E-state index contributed by atoms with van der Waals surface area (Å²) in [5, 5.41) is 11.5. The minimum Gasteiger partial charge on any atom is -0.497 e. The van der Waals surface area contributed by atoms with E-state index in [-0.39, 0.29) is 0 Å². The van der Waals surface area contributed by atoms with Crippen molar-refractivity contribution < 1.29 is 9.47 Å². The largest absolute Gasteiger partial charge is 0.497 e. The summed E-state index contributed by atoms with van der Waals surface area (Å²) >= 11 is 5.32. The fourth-order valence-corrected chi connectivity index (χ4v) is 2.89. The zero-order valence-electron chi connectivity index (χ0n) is 15.2. The number of hydrogen-bond acceptors (Lipinski definition) is 7. The van der Waals surface area contributed by atoms with Crippen molar-refractivity contribution in [2.24, 2.45) is 5.10 Å². The highest BCUT2D eigenvalue weighted by atomic mass is 32.1. The van der Waals surface area contributed by atoms with Crippen LogP contribution in [0.25, 0.3) is 22.4 Å². The molecule has 0 aliphatic carbocycles. The first-order valence-corrected chi connectivity index (χ1v) is 8.76. The fourth-order valence-electron chi connectivity index (χ4n) is 2.71. The lowest BCUT2D eigenvalue weighted by molar-refractivity contribution is 0.395. The molecule has 2 heterocycles. The maximum Gasteiger partial charge on any atom is 0.216 e. The van der Waals surface area contributed by atoms with E-state index in [1.165, 1.54) is 4.68 Å². The highest BCUT2D eigenvalue weighted by molar-refractivity contribution is 7.71. The van der Waals surface area contributed by atoms with Crippen LogP contribution >= 0.6 is 12.2 Å². The quantitative estimate of drug-likeness (QED) is 0.413. The first-order chi connectivity index (χ1) is 13.7. The van der Waals surface area contributed by atoms with E-state index in [0.29, 0.717) is 27.8 Å². The smallest absolute Gasteiger partial charge is 0.216 e. The van der Waals surface area contributed by atoms with E-state index in [9.17, 15) is 0 Å². The van der Waals surface area contributed by atoms with Crippen LogP contribution in [-0.4, -0.2) is 45.3 Å². The van der Waals surface area contributed by atoms with Crippen LogP contribution in [0.2, 0.25) is 0 Å². The minimum absolute atomic E-state index is 0.345. The molecule has 2 aromatic carbocycles. The molecule has 0 unspecified atom stereocenters. The molecule has 0 saturated heterocycles. The molecule has 8 nitrogen and oxygen atoms in total. The van der Waals surface area contributed by atoms with Crippen LogP contribution < -0.4 is 9.47 Å². The molecule has 0 spiro atoms. The predicted octanol–water partition coefficient (Wildman–Crippen LogP) is 3.45. The van der Waals surface area contributed by atoms with Crippen molar-refractivity contribution in [1.29, 1.82) is 0 Å². The summed E-state index contributed by atoms with van der Waals surface area (Å²) in [6.07, 6.45) is 3.24. The van der Waals surface area contributed by atoms with Gasteiger partial charge in [0.05, 0.1) is 43.2 Å². The molecule has 0 atom stereocenters. The molecular formula is C19H16N6O2S. The van der Waals surface area contributed by atoms with E-state index >= 15 is 0 Å². The number of benzene rings is 2. The molecule has 0 saturated carbocycles. The van der Waals surface area contributed by atoms with Crippen LogP contribution in [-0.2, 0) is 0 Å². The highest BCUT2D eigenvalue weighted by Gasteiger charge is 2.14. The molecule has 4 rings (SSSR count). The monoisotopic (exact) mass is 392 g/mol. The number of nitrogens with zero attached hydrogens (tertiary/aromatic N) is 5. The van der Waals surface area contributed by atoms with Gasteiger partial charge in [-0.05, 0) is 36.5 Å². The Morgan fingerprint density at radius 2 is 1.93 bits per heavy atom. The summed E-state index contributed by atoms with van der Waals surface area (Å²) in [6, 6.07) is 13.1. The summed E-state index contributed by atoms with van der Waals surface area (Å²) in [6.45, 7) is 0. The van der Waals surface area contributed by atoms with E-state index in [4.69, 9.17) is 21.7 Å². The molecule has 1 N–H and O–H groups in total. The lowest BCUT2D eigenvalue weighted by Gasteiger charge is -2.09. The van der Waals surface area contributed by atoms with E-state index in [2.05, 4.69) is 25.3 Å². The van der Waals surface area contributed by atoms with Crippen LogP contribution in [0.3, 0.4) is 0 Å². The highest BCUT2D eigenvalue weighted by Crippen LogP contribution is 2.32. The van der Waals surface area contributed by atoms with Crippen molar-refractivity contribution >= 4 is 29.5 Å². The van der Waals surface area contributed by atoms with Gasteiger partial charge in [-0.3, -0.25) is 4.98 Å². The van der Waals surface area contributed by atoms with Crippen LogP contribution in [0, 0.1) is 4.77 Å². The second-order valence-corrected chi connectivity index (χ2v) is 6.15. The maximum absolute atomic E-state index is 5.46. The van der Waals surface area contributed by atoms with Crippen LogP contribution in [0.4, 0.5) is 0 Å². The van der Waals surface area contributed by atoms with E-state index in [0.717, 1.165) is 16.6 Å². The van der Waals surface area contributed by atoms with Gasteiger partial charge in [0.1, 0.15) is 17.2 Å². The summed E-state index contributed by atoms with van der Waals surface area (Å²) in [7, 11) is 3.18. The van der Waals surface area contributed by atoms with Gasteiger partial charge in [0, 0.05) is 6.07 Å². The Labute approximate surface area is 165 Å². The fraction of sp³-hybridized carbons (Fsp3) is 0.105. The van der Waals surface area contributed by atoms with Gasteiger partial charge in [-0.2, -0.15) is 14.9 Å². The van der Waals surface area contributed by atoms with Gasteiger partial charge in [-0.15, -0.1) is 0 Å². The third-order valence-electron chi connectivity index (χ3n) is 4.07. The van der Waals surface area contributed by atoms with Gasteiger partial charge in [-0.1, -0.05) is 12.1 Å². The molecule has 140 valence electrons. The molecule has 28 heavy (non-hydrogen) atoms. The normalized spacial score (nSPS) is 11.2. The Morgan fingerprint density at radius 3 is 2.71 bits per heavy atom. The molecule has 0 aliphatic rings. The average molecular weight is 392 g/mol. The number of para-hydroxylation sites is 2. The molecule has 2 aromatic heterocycles. The first kappa shape index (κ1) is 17.8. The molecule has 4 aromatic rings. The Bertz CT molecular complexity index is 1230. The average Bonchev–Trinajstić information content (AvgIpc) is 3.11. The summed E-state index contributed by atoms with van der Waals surface area (Å²) in [5.74, 6) is 1.78. The molecule has 0 amide bonds. The van der Waals surface area contributed by atoms with Crippen molar-refractivity contribution in [2.45, 2.75) is 0 Å². The number of ether oxygens (including phenoxy) is 2. The van der Waals surface area contributed by atoms with Crippen LogP contribution in [0.1, 0.15) is 5.69 Å².